The molecule has 1 aromatic heterocycles. The third kappa shape index (κ3) is 3.75. The summed E-state index contributed by atoms with van der Waals surface area (Å²) in [7, 11) is 0. The van der Waals surface area contributed by atoms with Gasteiger partial charge in [0.25, 0.3) is 0 Å². The molecule has 0 radical (unpaired) electrons. The second-order valence-electron chi connectivity index (χ2n) is 16.4. The molecular formula is C36H52N2O3. The molecule has 0 bridgehead atoms. The lowest BCUT2D eigenvalue weighted by Gasteiger charge is -2.72. The smallest absolute Gasteiger partial charge is 0.160 e. The van der Waals surface area contributed by atoms with Crippen molar-refractivity contribution in [1.29, 1.82) is 0 Å². The molecule has 5 aliphatic carbocycles. The van der Waals surface area contributed by atoms with Gasteiger partial charge in [0.15, 0.2) is 5.78 Å². The Morgan fingerprint density at radius 2 is 1.71 bits per heavy atom. The van der Waals surface area contributed by atoms with Crippen LogP contribution in [-0.4, -0.2) is 32.7 Å². The van der Waals surface area contributed by atoms with Gasteiger partial charge in [-0.05, 0) is 120 Å². The van der Waals surface area contributed by atoms with Crippen molar-refractivity contribution in [3.63, 3.8) is 0 Å². The van der Waals surface area contributed by atoms with Crippen LogP contribution in [0.3, 0.4) is 0 Å². The average molecular weight is 561 g/mol. The van der Waals surface area contributed by atoms with Crippen molar-refractivity contribution in [2.45, 2.75) is 126 Å². The average Bonchev–Trinajstić information content (AvgIpc) is 3.21. The Labute approximate surface area is 247 Å². The Bertz CT molecular complexity index is 1310. The van der Waals surface area contributed by atoms with Gasteiger partial charge in [-0.3, -0.25) is 9.59 Å². The van der Waals surface area contributed by atoms with Crippen LogP contribution < -0.4 is 0 Å². The number of carbonyl (C=O) groups is 2. The van der Waals surface area contributed by atoms with Gasteiger partial charge < -0.3 is 5.11 Å². The number of aryl methyl sites for hydroxylation is 1. The maximum absolute atomic E-state index is 14.5. The van der Waals surface area contributed by atoms with Crippen LogP contribution in [0.25, 0.3) is 0 Å². The molecule has 8 atom stereocenters. The minimum absolute atomic E-state index is 0.0414. The maximum Gasteiger partial charge on any atom is 0.160 e. The van der Waals surface area contributed by atoms with Gasteiger partial charge >= 0.3 is 0 Å². The molecule has 4 fully saturated rings. The number of aromatic nitrogens is 2. The van der Waals surface area contributed by atoms with Crippen LogP contribution in [0, 0.1) is 57.7 Å². The van der Waals surface area contributed by atoms with E-state index in [2.05, 4.69) is 58.4 Å². The molecule has 0 unspecified atom stereocenters. The number of nitrogens with zero attached hydrogens (tertiary/aromatic N) is 2. The zero-order valence-corrected chi connectivity index (χ0v) is 26.8. The van der Waals surface area contributed by atoms with Crippen LogP contribution in [-0.2, 0) is 16.0 Å². The van der Waals surface area contributed by atoms with Crippen molar-refractivity contribution >= 4 is 11.6 Å². The predicted octanol–water partition coefficient (Wildman–Crippen LogP) is 7.24. The summed E-state index contributed by atoms with van der Waals surface area (Å²) in [6.07, 6.45) is 12.0. The first kappa shape index (κ1) is 29.2. The molecule has 1 N–H and O–H groups in total. The third-order valence-corrected chi connectivity index (χ3v) is 14.3. The van der Waals surface area contributed by atoms with E-state index < -0.39 is 5.41 Å². The number of hydrogen-bond acceptors (Lipinski definition) is 5. The quantitative estimate of drug-likeness (QED) is 0.420. The van der Waals surface area contributed by atoms with Crippen molar-refractivity contribution in [2.24, 2.45) is 50.7 Å². The number of ketones is 2. The molecule has 5 heteroatoms. The van der Waals surface area contributed by atoms with Crippen LogP contribution in [0.15, 0.2) is 23.7 Å². The number of aliphatic hydroxyl groups excluding tert-OH is 1. The van der Waals surface area contributed by atoms with Crippen molar-refractivity contribution in [2.75, 3.05) is 0 Å². The van der Waals surface area contributed by atoms with Crippen molar-refractivity contribution < 1.29 is 14.7 Å². The Morgan fingerprint density at radius 1 is 0.976 bits per heavy atom. The molecule has 0 spiro atoms. The van der Waals surface area contributed by atoms with E-state index in [4.69, 9.17) is 0 Å². The maximum atomic E-state index is 14.5. The third-order valence-electron chi connectivity index (χ3n) is 14.3. The van der Waals surface area contributed by atoms with E-state index in [1.807, 2.05) is 6.92 Å². The summed E-state index contributed by atoms with van der Waals surface area (Å²) in [4.78, 5) is 36.8. The number of fused-ring (bicyclic) bond motifs is 7. The van der Waals surface area contributed by atoms with E-state index in [-0.39, 0.29) is 51.2 Å². The number of hydrogen-bond donors (Lipinski definition) is 1. The second kappa shape index (κ2) is 9.31. The fraction of sp³-hybridized carbons (Fsp3) is 0.778. The molecule has 6 rings (SSSR count). The van der Waals surface area contributed by atoms with Crippen LogP contribution in [0.4, 0.5) is 0 Å². The van der Waals surface area contributed by atoms with Gasteiger partial charge in [-0.2, -0.15) is 0 Å². The molecule has 4 saturated carbocycles. The predicted molar refractivity (Wildman–Crippen MR) is 161 cm³/mol. The lowest BCUT2D eigenvalue weighted by atomic mass is 9.33. The second-order valence-corrected chi connectivity index (χ2v) is 16.4. The SMILES string of the molecule is Cc1ncncc1CC(=O)[C@@]12CC[C@]3(C)[C@H](CC[C@@H]4[C@@]5(C)CC[C@H](O)C(C)(C)[C@@H]5CC[C@]43C)C1=C(C(C)C)C(=O)C2. The van der Waals surface area contributed by atoms with Gasteiger partial charge in [-0.1, -0.05) is 48.5 Å². The van der Waals surface area contributed by atoms with Gasteiger partial charge in [0.2, 0.25) is 0 Å². The van der Waals surface area contributed by atoms with Crippen LogP contribution in [0.2, 0.25) is 0 Å². The van der Waals surface area contributed by atoms with Crippen LogP contribution in [0.1, 0.15) is 118 Å². The molecule has 224 valence electrons. The number of aliphatic hydroxyl groups is 1. The van der Waals surface area contributed by atoms with Gasteiger partial charge in [0.1, 0.15) is 12.1 Å². The van der Waals surface area contributed by atoms with E-state index in [0.29, 0.717) is 24.7 Å². The minimum Gasteiger partial charge on any atom is -0.393 e. The minimum atomic E-state index is -0.676. The topological polar surface area (TPSA) is 80.2 Å². The van der Waals surface area contributed by atoms with Crippen molar-refractivity contribution in [3.8, 4) is 0 Å². The van der Waals surface area contributed by atoms with E-state index in [0.717, 1.165) is 61.8 Å². The Balaban J connectivity index is 1.43. The molecule has 1 aromatic rings. The Hall–Kier alpha value is -1.88. The first-order valence-electron chi connectivity index (χ1n) is 16.4. The largest absolute Gasteiger partial charge is 0.393 e. The molecule has 0 amide bonds. The van der Waals surface area contributed by atoms with Gasteiger partial charge in [0, 0.05) is 24.7 Å². The normalized spacial score (nSPS) is 43.3. The highest BCUT2D eigenvalue weighted by molar-refractivity contribution is 6.07. The number of rotatable bonds is 4. The molecule has 5 aliphatic rings. The molecule has 0 saturated heterocycles. The molecule has 1 heterocycles. The van der Waals surface area contributed by atoms with Gasteiger partial charge in [-0.25, -0.2) is 9.97 Å². The first-order chi connectivity index (χ1) is 19.1. The monoisotopic (exact) mass is 560 g/mol. The zero-order valence-electron chi connectivity index (χ0n) is 26.8. The summed E-state index contributed by atoms with van der Waals surface area (Å²) in [6.45, 7) is 18.5. The standard InChI is InChI=1S/C36H52N2O3/c1-21(2)30-25(39)18-36(29(41)17-23-19-37-20-38-22(23)3)16-15-34(7)24(31(30)36)9-10-27-33(6)13-12-28(40)32(4,5)26(33)11-14-35(27,34)8/h19-21,24,26-28,40H,9-18H2,1-8H3/t24-,26+,27-,28+,33+,34-,35-,36+/m1/s1. The molecular weight excluding hydrogens is 508 g/mol. The van der Waals surface area contributed by atoms with Crippen LogP contribution in [0.5, 0.6) is 0 Å². The van der Waals surface area contributed by atoms with E-state index in [1.165, 1.54) is 18.3 Å². The highest BCUT2D eigenvalue weighted by Gasteiger charge is 2.70. The van der Waals surface area contributed by atoms with Gasteiger partial charge in [-0.15, -0.1) is 0 Å². The molecule has 5 nitrogen and oxygen atoms in total. The molecule has 0 aromatic carbocycles. The van der Waals surface area contributed by atoms with Gasteiger partial charge in [0.05, 0.1) is 11.5 Å². The zero-order chi connectivity index (χ0) is 29.8. The van der Waals surface area contributed by atoms with E-state index in [9.17, 15) is 14.7 Å². The summed E-state index contributed by atoms with van der Waals surface area (Å²) >= 11 is 0. The fourth-order valence-corrected chi connectivity index (χ4v) is 11.9. The van der Waals surface area contributed by atoms with E-state index >= 15 is 0 Å². The summed E-state index contributed by atoms with van der Waals surface area (Å²) in [5.41, 5.74) is 3.58. The Kier molecular flexibility index (Phi) is 6.63. The Morgan fingerprint density at radius 3 is 2.39 bits per heavy atom. The summed E-state index contributed by atoms with van der Waals surface area (Å²) in [5, 5.41) is 11.0. The molecule has 0 aliphatic heterocycles. The number of Topliss-reactive ketones (excluding diaryl/α,β-unsaturated/α-hetero) is 2. The lowest BCUT2D eigenvalue weighted by molar-refractivity contribution is -0.228. The van der Waals surface area contributed by atoms with Crippen LogP contribution >= 0.6 is 0 Å². The summed E-state index contributed by atoms with van der Waals surface area (Å²) in [6, 6.07) is 0. The lowest BCUT2D eigenvalue weighted by Crippen LogP contribution is -2.65. The fourth-order valence-electron chi connectivity index (χ4n) is 11.9. The molecule has 41 heavy (non-hydrogen) atoms. The van der Waals surface area contributed by atoms with E-state index in [1.54, 1.807) is 6.20 Å². The first-order valence-corrected chi connectivity index (χ1v) is 16.4. The number of allylic oxidation sites excluding steroid dienone is 2. The van der Waals surface area contributed by atoms with Crippen molar-refractivity contribution in [1.82, 2.24) is 9.97 Å². The van der Waals surface area contributed by atoms with Crippen molar-refractivity contribution in [3.05, 3.63) is 34.9 Å². The highest BCUT2D eigenvalue weighted by Crippen LogP contribution is 2.76. The summed E-state index contributed by atoms with van der Waals surface area (Å²) in [5.74, 6) is 1.91. The highest BCUT2D eigenvalue weighted by atomic mass is 16.3. The number of carbonyl (C=O) groups excluding carboxylic acids is 2. The summed E-state index contributed by atoms with van der Waals surface area (Å²) < 4.78 is 0.